The molecule has 0 radical (unpaired) electrons. The first-order chi connectivity index (χ1) is 7.08. The molecule has 0 aromatic heterocycles. The molecule has 0 aliphatic rings. The van der Waals surface area contributed by atoms with E-state index in [1.807, 2.05) is 12.1 Å². The summed E-state index contributed by atoms with van der Waals surface area (Å²) in [5.41, 5.74) is 7.11. The van der Waals surface area contributed by atoms with Crippen molar-refractivity contribution >= 4 is 11.6 Å². The SMILES string of the molecule is CC(O)CNC(=O)Cc1cccc(N)c1. The number of carbonyl (C=O) groups excluding carboxylic acids is 1. The number of carbonyl (C=O) groups is 1. The first-order valence-corrected chi connectivity index (χ1v) is 4.87. The number of hydrogen-bond acceptors (Lipinski definition) is 3. The van der Waals surface area contributed by atoms with Gasteiger partial charge in [0.15, 0.2) is 0 Å². The highest BCUT2D eigenvalue weighted by molar-refractivity contribution is 5.78. The third-order valence-corrected chi connectivity index (χ3v) is 1.91. The van der Waals surface area contributed by atoms with Crippen LogP contribution in [-0.4, -0.2) is 23.7 Å². The maximum atomic E-state index is 11.4. The molecule has 4 heteroatoms. The highest BCUT2D eigenvalue weighted by Crippen LogP contribution is 2.06. The number of amides is 1. The Morgan fingerprint density at radius 3 is 2.93 bits per heavy atom. The second-order valence-corrected chi connectivity index (χ2v) is 3.57. The van der Waals surface area contributed by atoms with Crippen LogP contribution in [0.25, 0.3) is 0 Å². The smallest absolute Gasteiger partial charge is 0.224 e. The predicted molar refractivity (Wildman–Crippen MR) is 59.2 cm³/mol. The molecule has 1 aromatic carbocycles. The fraction of sp³-hybridized carbons (Fsp3) is 0.364. The van der Waals surface area contributed by atoms with Crippen molar-refractivity contribution in [3.8, 4) is 0 Å². The van der Waals surface area contributed by atoms with Crippen molar-refractivity contribution in [2.75, 3.05) is 12.3 Å². The van der Waals surface area contributed by atoms with Crippen LogP contribution >= 0.6 is 0 Å². The van der Waals surface area contributed by atoms with E-state index in [0.29, 0.717) is 5.69 Å². The summed E-state index contributed by atoms with van der Waals surface area (Å²) in [5, 5.41) is 11.6. The van der Waals surface area contributed by atoms with E-state index in [4.69, 9.17) is 10.8 Å². The standard InChI is InChI=1S/C11H16N2O2/c1-8(14)7-13-11(15)6-9-3-2-4-10(12)5-9/h2-5,8,14H,6-7,12H2,1H3,(H,13,15). The van der Waals surface area contributed by atoms with Crippen molar-refractivity contribution in [3.05, 3.63) is 29.8 Å². The fourth-order valence-electron chi connectivity index (χ4n) is 1.21. The normalized spacial score (nSPS) is 12.1. The van der Waals surface area contributed by atoms with Gasteiger partial charge in [-0.05, 0) is 24.6 Å². The van der Waals surface area contributed by atoms with Crippen LogP contribution < -0.4 is 11.1 Å². The summed E-state index contributed by atoms with van der Waals surface area (Å²) >= 11 is 0. The Morgan fingerprint density at radius 2 is 2.33 bits per heavy atom. The molecule has 0 saturated heterocycles. The molecule has 4 N–H and O–H groups in total. The molecule has 0 saturated carbocycles. The van der Waals surface area contributed by atoms with Gasteiger partial charge in [-0.15, -0.1) is 0 Å². The summed E-state index contributed by atoms with van der Waals surface area (Å²) in [5.74, 6) is -0.110. The van der Waals surface area contributed by atoms with Gasteiger partial charge < -0.3 is 16.2 Å². The Morgan fingerprint density at radius 1 is 1.60 bits per heavy atom. The van der Waals surface area contributed by atoms with Gasteiger partial charge in [0, 0.05) is 12.2 Å². The van der Waals surface area contributed by atoms with Crippen molar-refractivity contribution in [1.29, 1.82) is 0 Å². The third kappa shape index (κ3) is 4.46. The summed E-state index contributed by atoms with van der Waals surface area (Å²) < 4.78 is 0. The highest BCUT2D eigenvalue weighted by atomic mass is 16.3. The van der Waals surface area contributed by atoms with Crippen molar-refractivity contribution in [2.45, 2.75) is 19.4 Å². The van der Waals surface area contributed by atoms with E-state index in [9.17, 15) is 4.79 Å². The lowest BCUT2D eigenvalue weighted by atomic mass is 10.1. The Hall–Kier alpha value is -1.55. The molecule has 0 bridgehead atoms. The van der Waals surface area contributed by atoms with Crippen molar-refractivity contribution < 1.29 is 9.90 Å². The number of hydrogen-bond donors (Lipinski definition) is 3. The second-order valence-electron chi connectivity index (χ2n) is 3.57. The average molecular weight is 208 g/mol. The minimum Gasteiger partial charge on any atom is -0.399 e. The van der Waals surface area contributed by atoms with Crippen molar-refractivity contribution in [3.63, 3.8) is 0 Å². The molecule has 1 amide bonds. The van der Waals surface area contributed by atoms with Gasteiger partial charge in [0.2, 0.25) is 5.91 Å². The zero-order valence-electron chi connectivity index (χ0n) is 8.73. The minimum absolute atomic E-state index is 0.110. The first-order valence-electron chi connectivity index (χ1n) is 4.87. The van der Waals surface area contributed by atoms with Crippen LogP contribution in [0.1, 0.15) is 12.5 Å². The number of nitrogen functional groups attached to an aromatic ring is 1. The molecule has 0 fully saturated rings. The molecule has 82 valence electrons. The van der Waals surface area contributed by atoms with E-state index < -0.39 is 6.10 Å². The van der Waals surface area contributed by atoms with Gasteiger partial charge in [-0.3, -0.25) is 4.79 Å². The molecule has 0 aliphatic carbocycles. The van der Waals surface area contributed by atoms with Gasteiger partial charge in [0.05, 0.1) is 12.5 Å². The summed E-state index contributed by atoms with van der Waals surface area (Å²) in [6, 6.07) is 7.20. The van der Waals surface area contributed by atoms with Crippen LogP contribution in [0, 0.1) is 0 Å². The van der Waals surface area contributed by atoms with Gasteiger partial charge in [-0.25, -0.2) is 0 Å². The number of nitrogens with one attached hydrogen (secondary N) is 1. The molecule has 4 nitrogen and oxygen atoms in total. The third-order valence-electron chi connectivity index (χ3n) is 1.91. The summed E-state index contributed by atoms with van der Waals surface area (Å²) in [6.07, 6.45) is -0.229. The van der Waals surface area contributed by atoms with E-state index in [0.717, 1.165) is 5.56 Å². The molecule has 0 aliphatic heterocycles. The number of rotatable bonds is 4. The number of benzene rings is 1. The van der Waals surface area contributed by atoms with Crippen LogP contribution in [0.3, 0.4) is 0 Å². The van der Waals surface area contributed by atoms with Gasteiger partial charge in [-0.2, -0.15) is 0 Å². The predicted octanol–water partition coefficient (Wildman–Crippen LogP) is 0.308. The Balaban J connectivity index is 2.44. The second kappa shape index (κ2) is 5.36. The van der Waals surface area contributed by atoms with Crippen LogP contribution in [0.5, 0.6) is 0 Å². The van der Waals surface area contributed by atoms with Crippen LogP contribution in [-0.2, 0) is 11.2 Å². The van der Waals surface area contributed by atoms with E-state index >= 15 is 0 Å². The van der Waals surface area contributed by atoms with Crippen LogP contribution in [0.4, 0.5) is 5.69 Å². The number of aliphatic hydroxyl groups excluding tert-OH is 1. The topological polar surface area (TPSA) is 75.3 Å². The minimum atomic E-state index is -0.519. The van der Waals surface area contributed by atoms with Gasteiger partial charge in [-0.1, -0.05) is 12.1 Å². The number of anilines is 1. The summed E-state index contributed by atoms with van der Waals surface area (Å²) in [4.78, 5) is 11.4. The molecule has 1 aromatic rings. The molecule has 0 spiro atoms. The van der Waals surface area contributed by atoms with E-state index in [1.54, 1.807) is 19.1 Å². The zero-order valence-corrected chi connectivity index (χ0v) is 8.73. The monoisotopic (exact) mass is 208 g/mol. The van der Waals surface area contributed by atoms with Crippen LogP contribution in [0.2, 0.25) is 0 Å². The van der Waals surface area contributed by atoms with E-state index in [1.165, 1.54) is 0 Å². The highest BCUT2D eigenvalue weighted by Gasteiger charge is 2.04. The molecule has 1 atom stereocenters. The fourth-order valence-corrected chi connectivity index (χ4v) is 1.21. The Kier molecular flexibility index (Phi) is 4.12. The van der Waals surface area contributed by atoms with Gasteiger partial charge in [0.1, 0.15) is 0 Å². The largest absolute Gasteiger partial charge is 0.399 e. The zero-order chi connectivity index (χ0) is 11.3. The van der Waals surface area contributed by atoms with Gasteiger partial charge >= 0.3 is 0 Å². The average Bonchev–Trinajstić information content (AvgIpc) is 2.15. The molecule has 0 heterocycles. The quantitative estimate of drug-likeness (QED) is 0.623. The van der Waals surface area contributed by atoms with E-state index in [-0.39, 0.29) is 18.9 Å². The van der Waals surface area contributed by atoms with Crippen LogP contribution in [0.15, 0.2) is 24.3 Å². The Bertz CT molecular complexity index is 337. The molecular formula is C11H16N2O2. The van der Waals surface area contributed by atoms with Crippen molar-refractivity contribution in [2.24, 2.45) is 0 Å². The lowest BCUT2D eigenvalue weighted by Gasteiger charge is -2.07. The summed E-state index contributed by atoms with van der Waals surface area (Å²) in [6.45, 7) is 1.90. The lowest BCUT2D eigenvalue weighted by molar-refractivity contribution is -0.120. The number of nitrogens with two attached hydrogens (primary N) is 1. The van der Waals surface area contributed by atoms with E-state index in [2.05, 4.69) is 5.32 Å². The molecule has 1 rings (SSSR count). The summed E-state index contributed by atoms with van der Waals surface area (Å²) in [7, 11) is 0. The maximum absolute atomic E-state index is 11.4. The lowest BCUT2D eigenvalue weighted by Crippen LogP contribution is -2.31. The van der Waals surface area contributed by atoms with Gasteiger partial charge in [0.25, 0.3) is 0 Å². The maximum Gasteiger partial charge on any atom is 0.224 e. The number of aliphatic hydroxyl groups is 1. The van der Waals surface area contributed by atoms with Crippen molar-refractivity contribution in [1.82, 2.24) is 5.32 Å². The molecule has 15 heavy (non-hydrogen) atoms. The molecule has 1 unspecified atom stereocenters. The first kappa shape index (κ1) is 11.5. The Labute approximate surface area is 89.1 Å². The molecular weight excluding hydrogens is 192 g/mol.